The number of nitrogens with zero attached hydrogens (tertiary/aromatic N) is 3. The van der Waals surface area contributed by atoms with Crippen LogP contribution in [0.15, 0.2) is 22.7 Å². The summed E-state index contributed by atoms with van der Waals surface area (Å²) in [5, 5.41) is 14.9. The van der Waals surface area contributed by atoms with Gasteiger partial charge in [0.25, 0.3) is 0 Å². The van der Waals surface area contributed by atoms with Crippen LogP contribution in [0.25, 0.3) is 11.4 Å². The lowest BCUT2D eigenvalue weighted by atomic mass is 10.2. The molecule has 0 fully saturated rings. The molecule has 3 aromatic rings. The largest absolute Gasteiger partial charge is 0.462 e. The third-order valence-corrected chi connectivity index (χ3v) is 7.87. The molecular formula is C22H28N4O3S3. The van der Waals surface area contributed by atoms with Crippen LogP contribution in [-0.2, 0) is 22.4 Å². The van der Waals surface area contributed by atoms with Gasteiger partial charge in [0.05, 0.1) is 17.9 Å². The molecule has 0 aromatic carbocycles. The fourth-order valence-electron chi connectivity index (χ4n) is 3.08. The van der Waals surface area contributed by atoms with Gasteiger partial charge in [-0.2, -0.15) is 0 Å². The van der Waals surface area contributed by atoms with E-state index in [1.54, 1.807) is 24.3 Å². The number of hydrogen-bond acceptors (Lipinski definition) is 8. The van der Waals surface area contributed by atoms with Crippen molar-refractivity contribution >= 4 is 51.3 Å². The second-order valence-corrected chi connectivity index (χ2v) is 10.4. The van der Waals surface area contributed by atoms with Crippen molar-refractivity contribution in [2.24, 2.45) is 0 Å². The van der Waals surface area contributed by atoms with Gasteiger partial charge in [0.15, 0.2) is 11.0 Å². The normalized spacial score (nSPS) is 11.2. The Hall–Kier alpha value is -2.17. The van der Waals surface area contributed by atoms with Gasteiger partial charge in [-0.25, -0.2) is 4.79 Å². The highest BCUT2D eigenvalue weighted by atomic mass is 32.2. The third-order valence-electron chi connectivity index (χ3n) is 4.65. The van der Waals surface area contributed by atoms with E-state index in [4.69, 9.17) is 4.74 Å². The lowest BCUT2D eigenvalue weighted by Crippen LogP contribution is -2.16. The number of aromatic nitrogens is 3. The van der Waals surface area contributed by atoms with Crippen molar-refractivity contribution in [2.45, 2.75) is 58.7 Å². The van der Waals surface area contributed by atoms with E-state index in [0.717, 1.165) is 29.1 Å². The molecule has 0 saturated heterocycles. The van der Waals surface area contributed by atoms with E-state index < -0.39 is 5.97 Å². The number of hydrogen-bond donors (Lipinski definition) is 1. The second kappa shape index (κ2) is 11.1. The SMILES string of the molecule is CCOC(=O)c1cc(CC)sc1NC(=O)CSc1nnc(-c2csc(CC)c2)n1C(C)C. The first-order valence-corrected chi connectivity index (χ1v) is 13.3. The Morgan fingerprint density at radius 3 is 2.53 bits per heavy atom. The van der Waals surface area contributed by atoms with Crippen molar-refractivity contribution in [3.63, 3.8) is 0 Å². The molecule has 0 aliphatic heterocycles. The van der Waals surface area contributed by atoms with Gasteiger partial charge in [-0.1, -0.05) is 25.6 Å². The second-order valence-electron chi connectivity index (χ2n) is 7.29. The highest BCUT2D eigenvalue weighted by Gasteiger charge is 2.21. The summed E-state index contributed by atoms with van der Waals surface area (Å²) in [7, 11) is 0. The molecule has 1 N–H and O–H groups in total. The smallest absolute Gasteiger partial charge is 0.341 e. The Balaban J connectivity index is 1.73. The van der Waals surface area contributed by atoms with Gasteiger partial charge in [0.2, 0.25) is 5.91 Å². The zero-order valence-electron chi connectivity index (χ0n) is 18.9. The average Bonchev–Trinajstić information content (AvgIpc) is 3.49. The van der Waals surface area contributed by atoms with Gasteiger partial charge in [-0.15, -0.1) is 32.9 Å². The van der Waals surface area contributed by atoms with Gasteiger partial charge >= 0.3 is 5.97 Å². The van der Waals surface area contributed by atoms with E-state index in [-0.39, 0.29) is 24.3 Å². The Morgan fingerprint density at radius 1 is 1.16 bits per heavy atom. The number of thioether (sulfide) groups is 1. The van der Waals surface area contributed by atoms with Gasteiger partial charge < -0.3 is 10.1 Å². The Labute approximate surface area is 200 Å². The summed E-state index contributed by atoms with van der Waals surface area (Å²) in [6.07, 6.45) is 1.77. The quantitative estimate of drug-likeness (QED) is 0.289. The molecule has 0 aliphatic carbocycles. The van der Waals surface area contributed by atoms with E-state index >= 15 is 0 Å². The Morgan fingerprint density at radius 2 is 1.91 bits per heavy atom. The standard InChI is InChI=1S/C22H28N4O3S3/c1-6-15-9-14(11-30-15)19-24-25-22(26(19)13(4)5)31-12-18(27)23-20-17(21(28)29-8-3)10-16(7-2)32-20/h9-11,13H,6-8,12H2,1-5H3,(H,23,27). The van der Waals surface area contributed by atoms with Crippen LogP contribution in [0.3, 0.4) is 0 Å². The first kappa shape index (κ1) is 24.5. The predicted octanol–water partition coefficient (Wildman–Crippen LogP) is 5.68. The van der Waals surface area contributed by atoms with Crippen molar-refractivity contribution in [2.75, 3.05) is 17.7 Å². The highest BCUT2D eigenvalue weighted by Crippen LogP contribution is 2.32. The monoisotopic (exact) mass is 492 g/mol. The van der Waals surface area contributed by atoms with Crippen LogP contribution in [0.5, 0.6) is 0 Å². The summed E-state index contributed by atoms with van der Waals surface area (Å²) in [5.41, 5.74) is 1.46. The van der Waals surface area contributed by atoms with Crippen LogP contribution in [-0.4, -0.2) is 39.0 Å². The van der Waals surface area contributed by atoms with E-state index in [1.807, 2.05) is 6.92 Å². The molecule has 0 atom stereocenters. The Kier molecular flexibility index (Phi) is 8.50. The van der Waals surface area contributed by atoms with E-state index in [9.17, 15) is 9.59 Å². The van der Waals surface area contributed by atoms with Crippen LogP contribution >= 0.6 is 34.4 Å². The fourth-order valence-corrected chi connectivity index (χ4v) is 5.76. The zero-order valence-corrected chi connectivity index (χ0v) is 21.4. The number of carbonyl (C=O) groups is 2. The molecule has 3 heterocycles. The van der Waals surface area contributed by atoms with Crippen LogP contribution in [0.4, 0.5) is 5.00 Å². The van der Waals surface area contributed by atoms with Crippen molar-refractivity contribution < 1.29 is 14.3 Å². The predicted molar refractivity (Wildman–Crippen MR) is 132 cm³/mol. The maximum absolute atomic E-state index is 12.7. The first-order valence-electron chi connectivity index (χ1n) is 10.6. The minimum Gasteiger partial charge on any atom is -0.462 e. The molecule has 172 valence electrons. The number of nitrogens with one attached hydrogen (secondary N) is 1. The molecule has 0 saturated carbocycles. The van der Waals surface area contributed by atoms with Gasteiger partial charge in [0.1, 0.15) is 5.00 Å². The Bertz CT molecular complexity index is 1080. The molecule has 0 aliphatic rings. The highest BCUT2D eigenvalue weighted by molar-refractivity contribution is 7.99. The van der Waals surface area contributed by atoms with Gasteiger partial charge in [-0.3, -0.25) is 9.36 Å². The lowest BCUT2D eigenvalue weighted by Gasteiger charge is -2.13. The van der Waals surface area contributed by atoms with E-state index in [2.05, 4.69) is 52.3 Å². The van der Waals surface area contributed by atoms with Crippen molar-refractivity contribution in [3.8, 4) is 11.4 Å². The summed E-state index contributed by atoms with van der Waals surface area (Å²) >= 11 is 4.46. The van der Waals surface area contributed by atoms with Crippen LogP contribution in [0, 0.1) is 0 Å². The zero-order chi connectivity index (χ0) is 23.3. The molecule has 0 spiro atoms. The van der Waals surface area contributed by atoms with Crippen LogP contribution in [0.1, 0.15) is 60.8 Å². The number of ether oxygens (including phenoxy) is 1. The number of carbonyl (C=O) groups excluding carboxylic acids is 2. The third kappa shape index (κ3) is 5.60. The number of anilines is 1. The summed E-state index contributed by atoms with van der Waals surface area (Å²) in [5.74, 6) is 0.358. The molecular weight excluding hydrogens is 464 g/mol. The maximum atomic E-state index is 12.7. The lowest BCUT2D eigenvalue weighted by molar-refractivity contribution is -0.113. The first-order chi connectivity index (χ1) is 15.4. The van der Waals surface area contributed by atoms with E-state index in [1.165, 1.54) is 28.0 Å². The summed E-state index contributed by atoms with van der Waals surface area (Å²) in [6.45, 7) is 10.3. The summed E-state index contributed by atoms with van der Waals surface area (Å²) in [4.78, 5) is 27.2. The number of aryl methyl sites for hydroxylation is 2. The molecule has 32 heavy (non-hydrogen) atoms. The molecule has 3 aromatic heterocycles. The molecule has 3 rings (SSSR count). The van der Waals surface area contributed by atoms with Gasteiger partial charge in [0, 0.05) is 26.7 Å². The van der Waals surface area contributed by atoms with Gasteiger partial charge in [-0.05, 0) is 45.7 Å². The van der Waals surface area contributed by atoms with Crippen molar-refractivity contribution in [1.29, 1.82) is 0 Å². The maximum Gasteiger partial charge on any atom is 0.341 e. The molecule has 0 bridgehead atoms. The van der Waals surface area contributed by atoms with E-state index in [0.29, 0.717) is 15.7 Å². The van der Waals surface area contributed by atoms with Crippen molar-refractivity contribution in [3.05, 3.63) is 32.8 Å². The van der Waals surface area contributed by atoms with Crippen LogP contribution < -0.4 is 5.32 Å². The molecule has 7 nitrogen and oxygen atoms in total. The minimum atomic E-state index is -0.419. The summed E-state index contributed by atoms with van der Waals surface area (Å²) < 4.78 is 7.18. The number of esters is 1. The molecule has 10 heteroatoms. The number of amides is 1. The minimum absolute atomic E-state index is 0.148. The fraction of sp³-hybridized carbons (Fsp3) is 0.455. The topological polar surface area (TPSA) is 86.1 Å². The number of rotatable bonds is 10. The molecule has 1 amide bonds. The number of thiophene rings is 2. The summed E-state index contributed by atoms with van der Waals surface area (Å²) in [6, 6.07) is 4.09. The average molecular weight is 493 g/mol. The molecule has 0 unspecified atom stereocenters. The van der Waals surface area contributed by atoms with Crippen molar-refractivity contribution in [1.82, 2.24) is 14.8 Å². The van der Waals surface area contributed by atoms with Crippen LogP contribution in [0.2, 0.25) is 0 Å². The molecule has 0 radical (unpaired) electrons.